The minimum absolute atomic E-state index is 0.117. The number of carboxylic acids is 1. The maximum absolute atomic E-state index is 12.0. The number of hydrogen-bond donors (Lipinski definition) is 2. The fourth-order valence-electron chi connectivity index (χ4n) is 1.87. The lowest BCUT2D eigenvalue weighted by Crippen LogP contribution is -2.14. The summed E-state index contributed by atoms with van der Waals surface area (Å²) in [5.74, 6) is -1.10. The summed E-state index contributed by atoms with van der Waals surface area (Å²) < 4.78 is 1.44. The van der Waals surface area contributed by atoms with Crippen molar-refractivity contribution in [3.8, 4) is 5.69 Å². The predicted octanol–water partition coefficient (Wildman–Crippen LogP) is 1.86. The highest BCUT2D eigenvalue weighted by Gasteiger charge is 2.13. The highest BCUT2D eigenvalue weighted by atomic mass is 32.2. The molecule has 11 heteroatoms. The van der Waals surface area contributed by atoms with Gasteiger partial charge in [-0.1, -0.05) is 11.8 Å². The van der Waals surface area contributed by atoms with Crippen LogP contribution in [-0.2, 0) is 4.79 Å². The van der Waals surface area contributed by atoms with E-state index in [9.17, 15) is 9.59 Å². The minimum atomic E-state index is -1.01. The lowest BCUT2D eigenvalue weighted by molar-refractivity contribution is -0.113. The van der Waals surface area contributed by atoms with E-state index in [4.69, 9.17) is 5.11 Å². The van der Waals surface area contributed by atoms with E-state index < -0.39 is 5.97 Å². The van der Waals surface area contributed by atoms with Crippen LogP contribution >= 0.6 is 23.1 Å². The molecule has 0 spiro atoms. The van der Waals surface area contributed by atoms with Crippen molar-refractivity contribution < 1.29 is 14.7 Å². The molecule has 3 rings (SSSR count). The Hall–Kier alpha value is -2.79. The number of thiazole rings is 1. The second-order valence-electron chi connectivity index (χ2n) is 4.86. The van der Waals surface area contributed by atoms with Gasteiger partial charge < -0.3 is 10.4 Å². The van der Waals surface area contributed by atoms with Crippen molar-refractivity contribution in [3.05, 3.63) is 40.9 Å². The first kappa shape index (κ1) is 17.0. The number of benzene rings is 1. The molecular weight excluding hydrogens is 364 g/mol. The van der Waals surface area contributed by atoms with Gasteiger partial charge in [-0.2, -0.15) is 4.68 Å². The van der Waals surface area contributed by atoms with Crippen molar-refractivity contribution >= 4 is 40.1 Å². The van der Waals surface area contributed by atoms with Crippen LogP contribution in [0.5, 0.6) is 0 Å². The summed E-state index contributed by atoms with van der Waals surface area (Å²) >= 11 is 2.53. The molecule has 9 nitrogen and oxygen atoms in total. The Labute approximate surface area is 150 Å². The third-order valence-corrected chi connectivity index (χ3v) is 4.79. The third kappa shape index (κ3) is 4.19. The Morgan fingerprint density at radius 3 is 2.72 bits per heavy atom. The number of carbonyl (C=O) groups excluding carboxylic acids is 1. The van der Waals surface area contributed by atoms with Crippen LogP contribution in [-0.4, -0.2) is 47.9 Å². The zero-order chi connectivity index (χ0) is 17.8. The second kappa shape index (κ2) is 7.40. The predicted molar refractivity (Wildman–Crippen MR) is 92.3 cm³/mol. The van der Waals surface area contributed by atoms with Gasteiger partial charge in [0.1, 0.15) is 0 Å². The van der Waals surface area contributed by atoms with E-state index in [0.717, 1.165) is 5.69 Å². The van der Waals surface area contributed by atoms with E-state index in [1.165, 1.54) is 39.9 Å². The lowest BCUT2D eigenvalue weighted by Gasteiger charge is -2.04. The van der Waals surface area contributed by atoms with Crippen LogP contribution in [0.1, 0.15) is 16.1 Å². The van der Waals surface area contributed by atoms with Gasteiger partial charge in [-0.25, -0.2) is 9.78 Å². The molecule has 0 aliphatic rings. The third-order valence-electron chi connectivity index (χ3n) is 3.00. The summed E-state index contributed by atoms with van der Waals surface area (Å²) in [4.78, 5) is 27.0. The summed E-state index contributed by atoms with van der Waals surface area (Å²) in [5.41, 5.74) is 1.62. The van der Waals surface area contributed by atoms with Crippen molar-refractivity contribution in [2.24, 2.45) is 0 Å². The monoisotopic (exact) mass is 376 g/mol. The number of aryl methyl sites for hydroxylation is 1. The number of carboxylic acid groups (broad SMARTS) is 1. The van der Waals surface area contributed by atoms with Crippen LogP contribution in [0.4, 0.5) is 5.13 Å². The van der Waals surface area contributed by atoms with Crippen LogP contribution in [0.3, 0.4) is 0 Å². The van der Waals surface area contributed by atoms with E-state index in [0.29, 0.717) is 16.0 Å². The Morgan fingerprint density at radius 2 is 2.08 bits per heavy atom. The Kier molecular flexibility index (Phi) is 5.05. The van der Waals surface area contributed by atoms with Gasteiger partial charge in [-0.15, -0.1) is 16.4 Å². The molecule has 1 aromatic carbocycles. The average Bonchev–Trinajstić information content (AvgIpc) is 3.22. The number of aromatic carboxylic acids is 1. The highest BCUT2D eigenvalue weighted by molar-refractivity contribution is 7.99. The van der Waals surface area contributed by atoms with Gasteiger partial charge in [0.2, 0.25) is 11.1 Å². The first-order chi connectivity index (χ1) is 12.0. The van der Waals surface area contributed by atoms with Crippen LogP contribution in [0, 0.1) is 6.92 Å². The highest BCUT2D eigenvalue weighted by Crippen LogP contribution is 2.20. The van der Waals surface area contributed by atoms with Crippen LogP contribution in [0.25, 0.3) is 5.69 Å². The van der Waals surface area contributed by atoms with Gasteiger partial charge in [0.05, 0.1) is 22.7 Å². The van der Waals surface area contributed by atoms with Crippen molar-refractivity contribution in [2.75, 3.05) is 11.1 Å². The Morgan fingerprint density at radius 1 is 1.32 bits per heavy atom. The average molecular weight is 376 g/mol. The number of thioether (sulfide) groups is 1. The molecule has 0 fully saturated rings. The van der Waals surface area contributed by atoms with Crippen molar-refractivity contribution in [3.63, 3.8) is 0 Å². The standard InChI is InChI=1S/C14H12N6O3S2/c1-8-6-24-13(15-8)16-11(21)7-25-14-17-18-19-20(14)10-4-2-9(3-5-10)12(22)23/h2-6H,7H2,1H3,(H,22,23)(H,15,16,21). The molecule has 0 unspecified atom stereocenters. The molecule has 0 saturated heterocycles. The van der Waals surface area contributed by atoms with E-state index in [1.807, 2.05) is 12.3 Å². The molecule has 0 saturated carbocycles. The van der Waals surface area contributed by atoms with Gasteiger partial charge in [0.25, 0.3) is 0 Å². The molecular formula is C14H12N6O3S2. The number of amides is 1. The summed E-state index contributed by atoms with van der Waals surface area (Å²) in [6.45, 7) is 1.85. The van der Waals surface area contributed by atoms with E-state index >= 15 is 0 Å². The van der Waals surface area contributed by atoms with Crippen LogP contribution in [0.15, 0.2) is 34.8 Å². The number of carbonyl (C=O) groups is 2. The topological polar surface area (TPSA) is 123 Å². The van der Waals surface area contributed by atoms with Gasteiger partial charge in [0.15, 0.2) is 5.13 Å². The maximum Gasteiger partial charge on any atom is 0.335 e. The summed E-state index contributed by atoms with van der Waals surface area (Å²) in [6, 6.07) is 6.13. The summed E-state index contributed by atoms with van der Waals surface area (Å²) in [5, 5.41) is 25.8. The zero-order valence-corrected chi connectivity index (χ0v) is 14.5. The first-order valence-electron chi connectivity index (χ1n) is 7.00. The number of hydrogen-bond acceptors (Lipinski definition) is 8. The molecule has 0 atom stereocenters. The smallest absolute Gasteiger partial charge is 0.335 e. The molecule has 0 bridgehead atoms. The zero-order valence-electron chi connectivity index (χ0n) is 12.9. The molecule has 1 amide bonds. The fraction of sp³-hybridized carbons (Fsp3) is 0.143. The quantitative estimate of drug-likeness (QED) is 0.625. The van der Waals surface area contributed by atoms with E-state index in [1.54, 1.807) is 12.1 Å². The SMILES string of the molecule is Cc1csc(NC(=O)CSc2nnnn2-c2ccc(C(=O)O)cc2)n1. The lowest BCUT2D eigenvalue weighted by atomic mass is 10.2. The van der Waals surface area contributed by atoms with Crippen molar-refractivity contribution in [1.29, 1.82) is 0 Å². The molecule has 0 aliphatic carbocycles. The molecule has 0 aliphatic heterocycles. The van der Waals surface area contributed by atoms with Crippen LogP contribution < -0.4 is 5.32 Å². The minimum Gasteiger partial charge on any atom is -0.478 e. The second-order valence-corrected chi connectivity index (χ2v) is 6.66. The summed E-state index contributed by atoms with van der Waals surface area (Å²) in [7, 11) is 0. The molecule has 2 aromatic heterocycles. The van der Waals surface area contributed by atoms with Crippen molar-refractivity contribution in [2.45, 2.75) is 12.1 Å². The van der Waals surface area contributed by atoms with E-state index in [-0.39, 0.29) is 17.2 Å². The molecule has 128 valence electrons. The van der Waals surface area contributed by atoms with E-state index in [2.05, 4.69) is 25.8 Å². The number of aromatic nitrogens is 5. The number of rotatable bonds is 6. The van der Waals surface area contributed by atoms with Gasteiger partial charge >= 0.3 is 5.97 Å². The number of nitrogens with one attached hydrogen (secondary N) is 1. The molecule has 25 heavy (non-hydrogen) atoms. The Balaban J connectivity index is 1.65. The maximum atomic E-state index is 12.0. The van der Waals surface area contributed by atoms with Gasteiger partial charge in [-0.05, 0) is 41.6 Å². The molecule has 0 radical (unpaired) electrons. The Bertz CT molecular complexity index is 905. The first-order valence-corrected chi connectivity index (χ1v) is 8.86. The summed E-state index contributed by atoms with van der Waals surface area (Å²) in [6.07, 6.45) is 0. The largest absolute Gasteiger partial charge is 0.478 e. The number of nitrogens with zero attached hydrogens (tertiary/aromatic N) is 5. The molecule has 3 aromatic rings. The normalized spacial score (nSPS) is 10.6. The van der Waals surface area contributed by atoms with Crippen molar-refractivity contribution in [1.82, 2.24) is 25.2 Å². The van der Waals surface area contributed by atoms with Crippen LogP contribution in [0.2, 0.25) is 0 Å². The van der Waals surface area contributed by atoms with Gasteiger partial charge in [-0.3, -0.25) is 4.79 Å². The van der Waals surface area contributed by atoms with Gasteiger partial charge in [0, 0.05) is 5.38 Å². The number of anilines is 1. The number of tetrazole rings is 1. The molecule has 2 N–H and O–H groups in total. The fourth-order valence-corrected chi connectivity index (χ4v) is 3.27. The molecule has 2 heterocycles.